The summed E-state index contributed by atoms with van der Waals surface area (Å²) in [6.07, 6.45) is 36.9. The summed E-state index contributed by atoms with van der Waals surface area (Å²) < 4.78 is 0. The Bertz CT molecular complexity index is 598. The molecule has 0 rings (SSSR count). The lowest BCUT2D eigenvalue weighted by Gasteiger charge is -2.22. The van der Waals surface area contributed by atoms with E-state index in [2.05, 4.69) is 19.9 Å². The summed E-state index contributed by atoms with van der Waals surface area (Å²) in [5, 5.41) is 17.7. The van der Waals surface area contributed by atoms with Crippen LogP contribution in [-0.4, -0.2) is 22.2 Å². The van der Waals surface area contributed by atoms with E-state index < -0.39 is 11.9 Å². The average molecular weight is 565 g/mol. The van der Waals surface area contributed by atoms with E-state index in [1.807, 2.05) is 0 Å². The predicted molar refractivity (Wildman–Crippen MR) is 172 cm³/mol. The van der Waals surface area contributed by atoms with Gasteiger partial charge in [0.25, 0.3) is 0 Å². The van der Waals surface area contributed by atoms with E-state index in [-0.39, 0.29) is 0 Å². The molecule has 4 nitrogen and oxygen atoms in total. The molecular weight excluding hydrogens is 496 g/mol. The van der Waals surface area contributed by atoms with Crippen molar-refractivity contribution in [3.8, 4) is 0 Å². The summed E-state index contributed by atoms with van der Waals surface area (Å²) in [7, 11) is 0. The first-order valence-corrected chi connectivity index (χ1v) is 17.6. The normalized spacial score (nSPS) is 12.6. The first-order chi connectivity index (χ1) is 19.5. The van der Waals surface area contributed by atoms with Crippen molar-refractivity contribution < 1.29 is 19.8 Å². The Morgan fingerprint density at radius 1 is 0.475 bits per heavy atom. The second kappa shape index (κ2) is 30.6. The molecule has 2 N–H and O–H groups in total. The van der Waals surface area contributed by atoms with Gasteiger partial charge < -0.3 is 10.2 Å². The minimum Gasteiger partial charge on any atom is -0.481 e. The van der Waals surface area contributed by atoms with Crippen LogP contribution in [0.25, 0.3) is 0 Å². The molecule has 0 amide bonds. The van der Waals surface area contributed by atoms with Crippen molar-refractivity contribution in [2.24, 2.45) is 5.92 Å². The monoisotopic (exact) mass is 565 g/mol. The largest absolute Gasteiger partial charge is 0.481 e. The molecule has 40 heavy (non-hydrogen) atoms. The molecule has 0 aromatic heterocycles. The maximum atomic E-state index is 10.8. The van der Waals surface area contributed by atoms with Crippen LogP contribution in [-0.2, 0) is 9.59 Å². The van der Waals surface area contributed by atoms with Gasteiger partial charge in [0.1, 0.15) is 0 Å². The summed E-state index contributed by atoms with van der Waals surface area (Å²) in [6.45, 7) is 4.57. The second-order valence-electron chi connectivity index (χ2n) is 12.3. The summed E-state index contributed by atoms with van der Waals surface area (Å²) in [5.74, 6) is -0.616. The van der Waals surface area contributed by atoms with Crippen molar-refractivity contribution in [2.45, 2.75) is 200 Å². The van der Waals surface area contributed by atoms with Crippen molar-refractivity contribution in [3.05, 3.63) is 11.6 Å². The van der Waals surface area contributed by atoms with Gasteiger partial charge in [-0.15, -0.1) is 0 Å². The Morgan fingerprint density at radius 3 is 1.25 bits per heavy atom. The Balaban J connectivity index is 4.88. The van der Waals surface area contributed by atoms with Gasteiger partial charge in [0.05, 0.1) is 0 Å². The van der Waals surface area contributed by atoms with E-state index in [1.165, 1.54) is 135 Å². The number of rotatable bonds is 32. The molecule has 0 aromatic rings. The highest BCUT2D eigenvalue weighted by Crippen LogP contribution is 2.30. The molecule has 0 aliphatic carbocycles. The van der Waals surface area contributed by atoms with Crippen LogP contribution in [0.5, 0.6) is 0 Å². The first kappa shape index (κ1) is 38.7. The van der Waals surface area contributed by atoms with Gasteiger partial charge in [0, 0.05) is 12.8 Å². The molecular formula is C36H68O4. The maximum Gasteiger partial charge on any atom is 0.303 e. The highest BCUT2D eigenvalue weighted by atomic mass is 16.4. The quantitative estimate of drug-likeness (QED) is 0.0629. The fourth-order valence-electron chi connectivity index (χ4n) is 5.88. The lowest BCUT2D eigenvalue weighted by atomic mass is 9.84. The molecule has 0 bridgehead atoms. The van der Waals surface area contributed by atoms with Crippen molar-refractivity contribution in [3.63, 3.8) is 0 Å². The number of allylic oxidation sites excluding steroid dienone is 2. The fraction of sp³-hybridized carbons (Fsp3) is 0.889. The topological polar surface area (TPSA) is 74.6 Å². The minimum absolute atomic E-state index is 0.308. The molecule has 0 aromatic carbocycles. The zero-order valence-electron chi connectivity index (χ0n) is 26.9. The fourth-order valence-corrected chi connectivity index (χ4v) is 5.88. The molecule has 4 heteroatoms. The molecule has 236 valence electrons. The highest BCUT2D eigenvalue weighted by molar-refractivity contribution is 5.66. The molecule has 1 atom stereocenters. The maximum absolute atomic E-state index is 10.8. The van der Waals surface area contributed by atoms with E-state index in [1.54, 1.807) is 5.57 Å². The molecule has 0 aliphatic rings. The molecule has 0 spiro atoms. The third-order valence-corrected chi connectivity index (χ3v) is 8.44. The van der Waals surface area contributed by atoms with Crippen LogP contribution in [0.4, 0.5) is 0 Å². The van der Waals surface area contributed by atoms with E-state index >= 15 is 0 Å². The van der Waals surface area contributed by atoms with Crippen molar-refractivity contribution in [1.29, 1.82) is 0 Å². The lowest BCUT2D eigenvalue weighted by molar-refractivity contribution is -0.138. The van der Waals surface area contributed by atoms with E-state index in [9.17, 15) is 9.59 Å². The summed E-state index contributed by atoms with van der Waals surface area (Å²) in [4.78, 5) is 21.5. The Hall–Kier alpha value is -1.32. The standard InChI is InChI=1S/C36H68O4/c1-3-5-7-9-11-16-22-28-34(30-24-18-14-20-26-32-36(39)40)33(27-21-15-10-8-6-4-2)29-23-17-12-13-19-25-31-35(37)38/h29,34H,3-28,30-32H2,1-2H3,(H,37,38)(H,39,40)/b33-29+. The third kappa shape index (κ3) is 28.2. The zero-order valence-corrected chi connectivity index (χ0v) is 26.9. The van der Waals surface area contributed by atoms with Crippen molar-refractivity contribution >= 4 is 11.9 Å². The molecule has 0 fully saturated rings. The molecule has 1 unspecified atom stereocenters. The third-order valence-electron chi connectivity index (χ3n) is 8.44. The van der Waals surface area contributed by atoms with Crippen LogP contribution in [0.2, 0.25) is 0 Å². The molecule has 0 radical (unpaired) electrons. The number of carboxylic acids is 2. The van der Waals surface area contributed by atoms with Gasteiger partial charge >= 0.3 is 11.9 Å². The van der Waals surface area contributed by atoms with Crippen LogP contribution in [0.3, 0.4) is 0 Å². The summed E-state index contributed by atoms with van der Waals surface area (Å²) >= 11 is 0. The van der Waals surface area contributed by atoms with Crippen LogP contribution in [0.15, 0.2) is 11.6 Å². The SMILES string of the molecule is CCCCCCCCCC(CCCCCCCC(=O)O)/C(=C/CCCCCCCC(=O)O)CCCCCCCC. The summed E-state index contributed by atoms with van der Waals surface area (Å²) in [5.41, 5.74) is 1.73. The van der Waals surface area contributed by atoms with Crippen LogP contribution in [0.1, 0.15) is 200 Å². The zero-order chi connectivity index (χ0) is 29.5. The van der Waals surface area contributed by atoms with Crippen LogP contribution < -0.4 is 0 Å². The minimum atomic E-state index is -0.672. The van der Waals surface area contributed by atoms with Gasteiger partial charge in [-0.05, 0) is 57.3 Å². The number of aliphatic carboxylic acids is 2. The Labute approximate surface area is 249 Å². The van der Waals surface area contributed by atoms with Crippen LogP contribution >= 0.6 is 0 Å². The number of carbonyl (C=O) groups is 2. The molecule has 0 heterocycles. The van der Waals surface area contributed by atoms with Gasteiger partial charge in [0.15, 0.2) is 0 Å². The molecule has 0 saturated carbocycles. The second-order valence-corrected chi connectivity index (χ2v) is 12.3. The van der Waals surface area contributed by atoms with Gasteiger partial charge in [0.2, 0.25) is 0 Å². The number of hydrogen-bond acceptors (Lipinski definition) is 2. The summed E-state index contributed by atoms with van der Waals surface area (Å²) in [6, 6.07) is 0. The Kier molecular flexibility index (Phi) is 29.6. The van der Waals surface area contributed by atoms with Crippen LogP contribution in [0, 0.1) is 5.92 Å². The predicted octanol–water partition coefficient (Wildman–Crippen LogP) is 12.1. The van der Waals surface area contributed by atoms with Gasteiger partial charge in [-0.2, -0.15) is 0 Å². The van der Waals surface area contributed by atoms with Gasteiger partial charge in [-0.1, -0.05) is 147 Å². The number of hydrogen-bond donors (Lipinski definition) is 2. The molecule has 0 saturated heterocycles. The van der Waals surface area contributed by atoms with Crippen molar-refractivity contribution in [1.82, 2.24) is 0 Å². The first-order valence-electron chi connectivity index (χ1n) is 17.6. The van der Waals surface area contributed by atoms with Crippen molar-refractivity contribution in [2.75, 3.05) is 0 Å². The smallest absolute Gasteiger partial charge is 0.303 e. The highest BCUT2D eigenvalue weighted by Gasteiger charge is 2.14. The average Bonchev–Trinajstić information content (AvgIpc) is 2.92. The lowest BCUT2D eigenvalue weighted by Crippen LogP contribution is -2.06. The van der Waals surface area contributed by atoms with E-state index in [4.69, 9.17) is 10.2 Å². The molecule has 0 aliphatic heterocycles. The number of unbranched alkanes of at least 4 members (excludes halogenated alkanes) is 20. The van der Waals surface area contributed by atoms with Gasteiger partial charge in [-0.25, -0.2) is 0 Å². The van der Waals surface area contributed by atoms with Gasteiger partial charge in [-0.3, -0.25) is 9.59 Å². The van der Waals surface area contributed by atoms with E-state index in [0.717, 1.165) is 44.4 Å². The Morgan fingerprint density at radius 2 is 0.825 bits per heavy atom. The number of carboxylic acid groups (broad SMARTS) is 2. The van der Waals surface area contributed by atoms with E-state index in [0.29, 0.717) is 12.8 Å².